The zero-order valence-electron chi connectivity index (χ0n) is 23.9. The minimum atomic E-state index is -0.698. The van der Waals surface area contributed by atoms with Crippen molar-refractivity contribution in [3.05, 3.63) is 70.8 Å². The van der Waals surface area contributed by atoms with Gasteiger partial charge < -0.3 is 21.0 Å². The quantitative estimate of drug-likeness (QED) is 0.300. The van der Waals surface area contributed by atoms with Gasteiger partial charge in [-0.3, -0.25) is 19.6 Å². The molecule has 5 N–H and O–H groups in total. The van der Waals surface area contributed by atoms with Crippen molar-refractivity contribution in [1.82, 2.24) is 25.3 Å². The predicted octanol–water partition coefficient (Wildman–Crippen LogP) is 4.97. The number of fused-ring (bicyclic) bond motifs is 8. The Morgan fingerprint density at radius 2 is 1.35 bits per heavy atom. The Morgan fingerprint density at radius 1 is 0.800 bits per heavy atom. The van der Waals surface area contributed by atoms with E-state index in [1.165, 1.54) is 0 Å². The first-order valence-corrected chi connectivity index (χ1v) is 14.4. The van der Waals surface area contributed by atoms with Crippen molar-refractivity contribution in [3.63, 3.8) is 0 Å². The lowest BCUT2D eigenvalue weighted by molar-refractivity contribution is -0.123. The van der Waals surface area contributed by atoms with Crippen LogP contribution in [0.25, 0.3) is 22.1 Å². The lowest BCUT2D eigenvalue weighted by Crippen LogP contribution is -2.49. The van der Waals surface area contributed by atoms with Gasteiger partial charge in [0.25, 0.3) is 0 Å². The predicted molar refractivity (Wildman–Crippen MR) is 159 cm³/mol. The number of carbonyl (C=O) groups excluding carboxylic acids is 2. The van der Waals surface area contributed by atoms with E-state index in [1.54, 1.807) is 0 Å². The van der Waals surface area contributed by atoms with Gasteiger partial charge >= 0.3 is 0 Å². The smallest absolute Gasteiger partial charge is 0.237 e. The molecule has 0 saturated heterocycles. The molecule has 5 rings (SSSR count). The molecule has 210 valence electrons. The van der Waals surface area contributed by atoms with Crippen LogP contribution in [0, 0.1) is 11.8 Å². The Morgan fingerprint density at radius 3 is 1.98 bits per heavy atom. The number of carbonyl (C=O) groups is 2. The molecule has 0 spiro atoms. The molecule has 8 bridgehead atoms. The van der Waals surface area contributed by atoms with Crippen LogP contribution in [0.4, 0.5) is 0 Å². The van der Waals surface area contributed by atoms with E-state index in [1.807, 2.05) is 44.2 Å². The Bertz CT molecular complexity index is 1560. The second kappa shape index (κ2) is 11.8. The lowest BCUT2D eigenvalue weighted by Gasteiger charge is -2.23. The van der Waals surface area contributed by atoms with Crippen molar-refractivity contribution >= 4 is 33.8 Å². The zero-order valence-corrected chi connectivity index (χ0v) is 23.9. The summed E-state index contributed by atoms with van der Waals surface area (Å²) < 4.78 is 0. The molecular formula is C32H40N6O2. The molecular weight excluding hydrogens is 500 g/mol. The summed E-state index contributed by atoms with van der Waals surface area (Å²) >= 11 is 0. The van der Waals surface area contributed by atoms with E-state index in [0.29, 0.717) is 30.3 Å². The average molecular weight is 541 g/mol. The number of nitrogens with one attached hydrogen (secondary N) is 3. The van der Waals surface area contributed by atoms with Crippen molar-refractivity contribution in [2.75, 3.05) is 0 Å². The number of nitrogens with two attached hydrogens (primary N) is 1. The molecule has 3 aromatic heterocycles. The molecule has 0 aromatic carbocycles. The SMILES string of the molecule is CC(C)C[C@H](NC(=O)[C@@H](N)CC(C)C)C(=O)c1c2nc(cc3ccc(cc4nc(cc5ccc1[nH]5)CC4)[nH]3)CC2. The van der Waals surface area contributed by atoms with Crippen LogP contribution in [-0.2, 0) is 30.5 Å². The van der Waals surface area contributed by atoms with Gasteiger partial charge in [0.15, 0.2) is 5.78 Å². The number of H-pyrrole nitrogens is 2. The van der Waals surface area contributed by atoms with Crippen LogP contribution in [0.2, 0.25) is 0 Å². The number of aryl methyl sites for hydroxylation is 4. The number of Topliss-reactive ketones (excluding diaryl/α,β-unsaturated/α-hetero) is 1. The van der Waals surface area contributed by atoms with Crippen molar-refractivity contribution in [2.45, 2.75) is 78.3 Å². The van der Waals surface area contributed by atoms with E-state index >= 15 is 0 Å². The molecule has 8 heteroatoms. The van der Waals surface area contributed by atoms with E-state index in [0.717, 1.165) is 58.6 Å². The molecule has 40 heavy (non-hydrogen) atoms. The summed E-state index contributed by atoms with van der Waals surface area (Å²) in [6.07, 6.45) is 4.18. The standard InChI is InChI=1S/C32H40N6O2/c1-18(2)13-26(33)32(40)38-29(14-19(3)4)31(39)30-27-11-9-24(36-27)16-22-7-5-20(34-22)15-21-6-8-23(35-21)17-25-10-12-28(30)37-25/h5,7,10,12,15-19,26,29,34,37H,6,8-9,11,13-14,33H2,1-4H3,(H,38,40)/t26-,29-/m0/s1. The Balaban J connectivity index is 1.65. The first-order chi connectivity index (χ1) is 19.1. The first kappa shape index (κ1) is 27.8. The molecule has 0 fully saturated rings. The number of hydrogen-bond acceptors (Lipinski definition) is 5. The first-order valence-electron chi connectivity index (χ1n) is 14.4. The van der Waals surface area contributed by atoms with Crippen LogP contribution in [0.15, 0.2) is 42.5 Å². The van der Waals surface area contributed by atoms with Crippen molar-refractivity contribution in [3.8, 4) is 0 Å². The Hall–Kier alpha value is -3.78. The second-order valence-electron chi connectivity index (χ2n) is 11.9. The third kappa shape index (κ3) is 6.50. The van der Waals surface area contributed by atoms with Crippen LogP contribution < -0.4 is 11.1 Å². The Labute approximate surface area is 235 Å². The van der Waals surface area contributed by atoms with Crippen LogP contribution >= 0.6 is 0 Å². The monoisotopic (exact) mass is 540 g/mol. The number of nitrogens with zero attached hydrogens (tertiary/aromatic N) is 2. The van der Waals surface area contributed by atoms with E-state index in [-0.39, 0.29) is 23.5 Å². The minimum absolute atomic E-state index is 0.140. The third-order valence-electron chi connectivity index (χ3n) is 7.43. The van der Waals surface area contributed by atoms with Gasteiger partial charge in [-0.2, -0.15) is 0 Å². The van der Waals surface area contributed by atoms with Crippen molar-refractivity contribution < 1.29 is 9.59 Å². The fraction of sp³-hybridized carbons (Fsp3) is 0.438. The van der Waals surface area contributed by atoms with Crippen LogP contribution in [0.5, 0.6) is 0 Å². The molecule has 2 aliphatic heterocycles. The Kier molecular flexibility index (Phi) is 8.17. The molecule has 3 aromatic rings. The number of aromatic amines is 2. The molecule has 0 aliphatic carbocycles. The van der Waals surface area contributed by atoms with Gasteiger partial charge in [0.1, 0.15) is 0 Å². The number of rotatable bonds is 8. The molecule has 0 radical (unpaired) electrons. The summed E-state index contributed by atoms with van der Waals surface area (Å²) in [6.45, 7) is 8.17. The highest BCUT2D eigenvalue weighted by molar-refractivity contribution is 6.08. The number of aromatic nitrogens is 4. The molecule has 0 saturated carbocycles. The maximum absolute atomic E-state index is 14.3. The highest BCUT2D eigenvalue weighted by Crippen LogP contribution is 2.23. The molecule has 8 nitrogen and oxygen atoms in total. The number of ketones is 1. The van der Waals surface area contributed by atoms with Gasteiger partial charge in [-0.25, -0.2) is 0 Å². The molecule has 2 atom stereocenters. The normalized spacial score (nSPS) is 14.9. The fourth-order valence-electron chi connectivity index (χ4n) is 5.56. The summed E-state index contributed by atoms with van der Waals surface area (Å²) in [5.41, 5.74) is 14.0. The molecule has 2 aliphatic rings. The summed E-state index contributed by atoms with van der Waals surface area (Å²) in [6, 6.07) is 12.8. The van der Waals surface area contributed by atoms with Gasteiger partial charge in [-0.15, -0.1) is 0 Å². The van der Waals surface area contributed by atoms with Crippen LogP contribution in [0.1, 0.15) is 73.7 Å². The summed E-state index contributed by atoms with van der Waals surface area (Å²) in [5.74, 6) is 0.0435. The average Bonchev–Trinajstić information content (AvgIpc) is 3.69. The van der Waals surface area contributed by atoms with Gasteiger partial charge in [0.05, 0.1) is 28.9 Å². The van der Waals surface area contributed by atoms with Crippen molar-refractivity contribution in [1.29, 1.82) is 0 Å². The number of amides is 1. The fourth-order valence-corrected chi connectivity index (χ4v) is 5.56. The third-order valence-corrected chi connectivity index (χ3v) is 7.43. The number of hydrogen-bond donors (Lipinski definition) is 4. The van der Waals surface area contributed by atoms with Gasteiger partial charge in [0.2, 0.25) is 5.91 Å². The molecule has 1 amide bonds. The topological polar surface area (TPSA) is 130 Å². The van der Waals surface area contributed by atoms with Crippen LogP contribution in [0.3, 0.4) is 0 Å². The van der Waals surface area contributed by atoms with Crippen LogP contribution in [-0.4, -0.2) is 43.7 Å². The zero-order chi connectivity index (χ0) is 28.4. The van der Waals surface area contributed by atoms with Gasteiger partial charge in [0, 0.05) is 33.6 Å². The summed E-state index contributed by atoms with van der Waals surface area (Å²) in [4.78, 5) is 44.0. The molecule has 5 heterocycles. The largest absolute Gasteiger partial charge is 0.355 e. The van der Waals surface area contributed by atoms with E-state index in [9.17, 15) is 9.59 Å². The minimum Gasteiger partial charge on any atom is -0.355 e. The van der Waals surface area contributed by atoms with Gasteiger partial charge in [-0.1, -0.05) is 27.7 Å². The highest BCUT2D eigenvalue weighted by Gasteiger charge is 2.29. The van der Waals surface area contributed by atoms with E-state index in [4.69, 9.17) is 15.7 Å². The second-order valence-corrected chi connectivity index (χ2v) is 11.9. The maximum atomic E-state index is 14.3. The lowest BCUT2D eigenvalue weighted by atomic mass is 9.93. The highest BCUT2D eigenvalue weighted by atomic mass is 16.2. The van der Waals surface area contributed by atoms with Gasteiger partial charge in [-0.05, 0) is 92.8 Å². The van der Waals surface area contributed by atoms with E-state index in [2.05, 4.69) is 41.3 Å². The maximum Gasteiger partial charge on any atom is 0.237 e. The summed E-state index contributed by atoms with van der Waals surface area (Å²) in [5, 5.41) is 3.00. The van der Waals surface area contributed by atoms with Crippen molar-refractivity contribution in [2.24, 2.45) is 17.6 Å². The summed E-state index contributed by atoms with van der Waals surface area (Å²) in [7, 11) is 0. The van der Waals surface area contributed by atoms with E-state index < -0.39 is 12.1 Å². The molecule has 0 unspecified atom stereocenters.